The first-order valence-electron chi connectivity index (χ1n) is 5.53. The van der Waals surface area contributed by atoms with Gasteiger partial charge in [-0.3, -0.25) is 4.68 Å². The number of aryl methyl sites for hydroxylation is 1. The first-order valence-corrected chi connectivity index (χ1v) is 5.53. The third kappa shape index (κ3) is 3.14. The van der Waals surface area contributed by atoms with Crippen molar-refractivity contribution in [2.45, 2.75) is 46.2 Å². The third-order valence-electron chi connectivity index (χ3n) is 2.31. The van der Waals surface area contributed by atoms with Crippen molar-refractivity contribution in [3.05, 3.63) is 18.0 Å². The Morgan fingerprint density at radius 3 is 2.86 bits per heavy atom. The summed E-state index contributed by atoms with van der Waals surface area (Å²) in [6, 6.07) is 0.417. The first-order chi connectivity index (χ1) is 6.77. The van der Waals surface area contributed by atoms with Crippen LogP contribution in [0.25, 0.3) is 0 Å². The molecule has 3 heteroatoms. The molecule has 0 aliphatic heterocycles. The van der Waals surface area contributed by atoms with Crippen LogP contribution in [0.3, 0.4) is 0 Å². The van der Waals surface area contributed by atoms with Crippen LogP contribution in [0.4, 0.5) is 0 Å². The lowest BCUT2D eigenvalue weighted by Crippen LogP contribution is -2.18. The Kier molecular flexibility index (Phi) is 4.66. The molecule has 0 fully saturated rings. The molecule has 0 aliphatic rings. The molecule has 3 nitrogen and oxygen atoms in total. The molecule has 0 radical (unpaired) electrons. The van der Waals surface area contributed by atoms with E-state index in [4.69, 9.17) is 0 Å². The predicted molar refractivity (Wildman–Crippen MR) is 59.2 cm³/mol. The molecule has 1 rings (SSSR count). The minimum Gasteiger partial charge on any atom is -0.310 e. The SMILES string of the molecule is CCCNC(C)c1cnn(CCC)c1. The van der Waals surface area contributed by atoms with E-state index in [2.05, 4.69) is 37.4 Å². The smallest absolute Gasteiger partial charge is 0.0537 e. The minimum atomic E-state index is 0.417. The van der Waals surface area contributed by atoms with Gasteiger partial charge in [0, 0.05) is 24.3 Å². The van der Waals surface area contributed by atoms with Gasteiger partial charge in [0.2, 0.25) is 0 Å². The van der Waals surface area contributed by atoms with Gasteiger partial charge >= 0.3 is 0 Å². The number of nitrogens with one attached hydrogen (secondary N) is 1. The van der Waals surface area contributed by atoms with Gasteiger partial charge in [-0.2, -0.15) is 5.10 Å². The quantitative estimate of drug-likeness (QED) is 0.755. The zero-order valence-corrected chi connectivity index (χ0v) is 9.45. The largest absolute Gasteiger partial charge is 0.310 e. The first kappa shape index (κ1) is 11.2. The Morgan fingerprint density at radius 1 is 1.43 bits per heavy atom. The maximum absolute atomic E-state index is 4.31. The molecule has 14 heavy (non-hydrogen) atoms. The van der Waals surface area contributed by atoms with Crippen molar-refractivity contribution < 1.29 is 0 Å². The monoisotopic (exact) mass is 195 g/mol. The van der Waals surface area contributed by atoms with E-state index >= 15 is 0 Å². The molecule has 0 bridgehead atoms. The van der Waals surface area contributed by atoms with Gasteiger partial charge in [0.25, 0.3) is 0 Å². The van der Waals surface area contributed by atoms with Crippen molar-refractivity contribution in [3.8, 4) is 0 Å². The van der Waals surface area contributed by atoms with Gasteiger partial charge in [-0.1, -0.05) is 13.8 Å². The highest BCUT2D eigenvalue weighted by Gasteiger charge is 2.05. The van der Waals surface area contributed by atoms with Crippen LogP contribution in [0.15, 0.2) is 12.4 Å². The van der Waals surface area contributed by atoms with Crippen LogP contribution in [0.2, 0.25) is 0 Å². The van der Waals surface area contributed by atoms with Crippen LogP contribution in [-0.4, -0.2) is 16.3 Å². The van der Waals surface area contributed by atoms with Crippen molar-refractivity contribution in [3.63, 3.8) is 0 Å². The van der Waals surface area contributed by atoms with E-state index in [0.29, 0.717) is 6.04 Å². The number of rotatable bonds is 6. The Balaban J connectivity index is 2.48. The second-order valence-corrected chi connectivity index (χ2v) is 3.71. The summed E-state index contributed by atoms with van der Waals surface area (Å²) >= 11 is 0. The molecule has 0 saturated heterocycles. The van der Waals surface area contributed by atoms with Gasteiger partial charge in [0.15, 0.2) is 0 Å². The molecule has 0 spiro atoms. The van der Waals surface area contributed by atoms with E-state index in [1.807, 2.05) is 10.9 Å². The van der Waals surface area contributed by atoms with Crippen LogP contribution in [-0.2, 0) is 6.54 Å². The normalized spacial score (nSPS) is 13.1. The molecule has 1 N–H and O–H groups in total. The molecular formula is C11H21N3. The second kappa shape index (κ2) is 5.81. The standard InChI is InChI=1S/C11H21N3/c1-4-6-12-10(3)11-8-13-14(9-11)7-5-2/h8-10,12H,4-7H2,1-3H3. The van der Waals surface area contributed by atoms with Crippen molar-refractivity contribution in [2.75, 3.05) is 6.54 Å². The van der Waals surface area contributed by atoms with E-state index in [1.54, 1.807) is 0 Å². The fourth-order valence-corrected chi connectivity index (χ4v) is 1.43. The van der Waals surface area contributed by atoms with Gasteiger partial charge in [-0.25, -0.2) is 0 Å². The van der Waals surface area contributed by atoms with E-state index in [-0.39, 0.29) is 0 Å². The molecule has 1 heterocycles. The summed E-state index contributed by atoms with van der Waals surface area (Å²) in [5, 5.41) is 7.76. The van der Waals surface area contributed by atoms with Crippen molar-refractivity contribution in [1.29, 1.82) is 0 Å². The summed E-state index contributed by atoms with van der Waals surface area (Å²) in [5.41, 5.74) is 1.28. The fourth-order valence-electron chi connectivity index (χ4n) is 1.43. The van der Waals surface area contributed by atoms with Gasteiger partial charge < -0.3 is 5.32 Å². The predicted octanol–water partition coefficient (Wildman–Crippen LogP) is 2.35. The third-order valence-corrected chi connectivity index (χ3v) is 2.31. The van der Waals surface area contributed by atoms with Crippen molar-refractivity contribution in [1.82, 2.24) is 15.1 Å². The summed E-state index contributed by atoms with van der Waals surface area (Å²) in [6.07, 6.45) is 6.41. The van der Waals surface area contributed by atoms with Crippen LogP contribution >= 0.6 is 0 Å². The van der Waals surface area contributed by atoms with E-state index in [1.165, 1.54) is 12.0 Å². The molecule has 0 aliphatic carbocycles. The topological polar surface area (TPSA) is 29.9 Å². The highest BCUT2D eigenvalue weighted by Crippen LogP contribution is 2.10. The number of hydrogen-bond acceptors (Lipinski definition) is 2. The Morgan fingerprint density at radius 2 is 2.21 bits per heavy atom. The molecule has 80 valence electrons. The van der Waals surface area contributed by atoms with Crippen LogP contribution < -0.4 is 5.32 Å². The van der Waals surface area contributed by atoms with E-state index in [0.717, 1.165) is 19.5 Å². The molecule has 1 aromatic heterocycles. The molecule has 1 unspecified atom stereocenters. The molecule has 0 saturated carbocycles. The Hall–Kier alpha value is -0.830. The Bertz CT molecular complexity index is 255. The number of aromatic nitrogens is 2. The van der Waals surface area contributed by atoms with Gasteiger partial charge in [-0.15, -0.1) is 0 Å². The number of hydrogen-bond donors (Lipinski definition) is 1. The van der Waals surface area contributed by atoms with Crippen molar-refractivity contribution >= 4 is 0 Å². The van der Waals surface area contributed by atoms with Gasteiger partial charge in [-0.05, 0) is 26.3 Å². The van der Waals surface area contributed by atoms with E-state index in [9.17, 15) is 0 Å². The highest BCUT2D eigenvalue weighted by atomic mass is 15.3. The highest BCUT2D eigenvalue weighted by molar-refractivity contribution is 5.08. The summed E-state index contributed by atoms with van der Waals surface area (Å²) in [4.78, 5) is 0. The maximum atomic E-state index is 4.31. The Labute approximate surface area is 86.5 Å². The van der Waals surface area contributed by atoms with Crippen LogP contribution in [0.5, 0.6) is 0 Å². The molecule has 0 amide bonds. The average molecular weight is 195 g/mol. The van der Waals surface area contributed by atoms with E-state index < -0.39 is 0 Å². The number of nitrogens with zero attached hydrogens (tertiary/aromatic N) is 2. The molecular weight excluding hydrogens is 174 g/mol. The molecule has 1 aromatic rings. The van der Waals surface area contributed by atoms with Crippen LogP contribution in [0.1, 0.15) is 45.2 Å². The lowest BCUT2D eigenvalue weighted by atomic mass is 10.2. The fraction of sp³-hybridized carbons (Fsp3) is 0.727. The van der Waals surface area contributed by atoms with Crippen LogP contribution in [0, 0.1) is 0 Å². The average Bonchev–Trinajstić information content (AvgIpc) is 2.63. The lowest BCUT2D eigenvalue weighted by molar-refractivity contribution is 0.566. The summed E-state index contributed by atoms with van der Waals surface area (Å²) in [6.45, 7) is 8.62. The summed E-state index contributed by atoms with van der Waals surface area (Å²) < 4.78 is 2.01. The molecule has 0 aromatic carbocycles. The zero-order valence-electron chi connectivity index (χ0n) is 9.45. The zero-order chi connectivity index (χ0) is 10.4. The van der Waals surface area contributed by atoms with Gasteiger partial charge in [0.05, 0.1) is 6.20 Å². The second-order valence-electron chi connectivity index (χ2n) is 3.71. The lowest BCUT2D eigenvalue weighted by Gasteiger charge is -2.10. The van der Waals surface area contributed by atoms with Crippen molar-refractivity contribution in [2.24, 2.45) is 0 Å². The summed E-state index contributed by atoms with van der Waals surface area (Å²) in [7, 11) is 0. The maximum Gasteiger partial charge on any atom is 0.0537 e. The summed E-state index contributed by atoms with van der Waals surface area (Å²) in [5.74, 6) is 0. The molecule has 1 atom stereocenters. The van der Waals surface area contributed by atoms with Gasteiger partial charge in [0.1, 0.15) is 0 Å². The minimum absolute atomic E-state index is 0.417.